The smallest absolute Gasteiger partial charge is 0.255 e. The number of carbonyl (C=O) groups excluding carboxylic acids is 1. The molecule has 7 heteroatoms. The minimum atomic E-state index is -3.82. The summed E-state index contributed by atoms with van der Waals surface area (Å²) in [6.45, 7) is 1.78. The minimum Gasteiger partial charge on any atom is -0.488 e. The summed E-state index contributed by atoms with van der Waals surface area (Å²) in [4.78, 5) is 13.0. The Labute approximate surface area is 195 Å². The van der Waals surface area contributed by atoms with Gasteiger partial charge in [0.05, 0.1) is 16.7 Å². The first-order chi connectivity index (χ1) is 15.9. The molecule has 1 fully saturated rings. The van der Waals surface area contributed by atoms with E-state index in [4.69, 9.17) is 4.74 Å². The molecule has 1 aliphatic carbocycles. The van der Waals surface area contributed by atoms with Crippen molar-refractivity contribution in [1.29, 1.82) is 0 Å². The predicted octanol–water partition coefficient (Wildman–Crippen LogP) is 5.30. The molecule has 2 N–H and O–H groups in total. The molecular weight excluding hydrogens is 436 g/mol. The molecular formula is C26H28N2O4S. The average molecular weight is 465 g/mol. The Morgan fingerprint density at radius 3 is 2.39 bits per heavy atom. The van der Waals surface area contributed by atoms with Gasteiger partial charge in [-0.25, -0.2) is 13.1 Å². The van der Waals surface area contributed by atoms with E-state index in [2.05, 4.69) is 10.0 Å². The fraction of sp³-hybridized carbons (Fsp3) is 0.269. The highest BCUT2D eigenvalue weighted by atomic mass is 32.2. The standard InChI is InChI=1S/C26H28N2O4S/c1-19(20-10-3-2-4-11-20)28-33(30,31)23-15-9-12-21(18-23)26(29)27-24-16-7-8-17-25(24)32-22-13-5-6-14-22/h2-4,7-12,15-19,22,28H,5-6,13-14H2,1H3,(H,27,29). The van der Waals surface area contributed by atoms with Gasteiger partial charge >= 0.3 is 0 Å². The molecule has 0 aliphatic heterocycles. The van der Waals surface area contributed by atoms with Crippen LogP contribution in [0.15, 0.2) is 83.8 Å². The van der Waals surface area contributed by atoms with Gasteiger partial charge in [0.2, 0.25) is 10.0 Å². The number of benzene rings is 3. The number of rotatable bonds is 8. The number of amides is 1. The van der Waals surface area contributed by atoms with Crippen molar-refractivity contribution < 1.29 is 17.9 Å². The highest BCUT2D eigenvalue weighted by Crippen LogP contribution is 2.30. The third kappa shape index (κ3) is 5.80. The number of hydrogen-bond acceptors (Lipinski definition) is 4. The maximum atomic E-state index is 12.9. The third-order valence-electron chi connectivity index (χ3n) is 5.77. The summed E-state index contributed by atoms with van der Waals surface area (Å²) in [5.74, 6) is 0.227. The molecule has 0 radical (unpaired) electrons. The van der Waals surface area contributed by atoms with Gasteiger partial charge in [-0.05, 0) is 68.5 Å². The number of anilines is 1. The van der Waals surface area contributed by atoms with E-state index in [0.717, 1.165) is 31.2 Å². The number of carbonyl (C=O) groups is 1. The lowest BCUT2D eigenvalue weighted by molar-refractivity contribution is 0.102. The summed E-state index contributed by atoms with van der Waals surface area (Å²) in [5, 5.41) is 2.87. The van der Waals surface area contributed by atoms with E-state index in [0.29, 0.717) is 11.4 Å². The molecule has 0 aromatic heterocycles. The Balaban J connectivity index is 1.49. The first kappa shape index (κ1) is 23.0. The Bertz CT molecular complexity index is 1210. The number of sulfonamides is 1. The Kier molecular flexibility index (Phi) is 7.11. The Morgan fingerprint density at radius 2 is 1.64 bits per heavy atom. The molecule has 6 nitrogen and oxygen atoms in total. The zero-order valence-electron chi connectivity index (χ0n) is 18.5. The zero-order chi connectivity index (χ0) is 23.3. The van der Waals surface area contributed by atoms with E-state index in [1.807, 2.05) is 48.5 Å². The highest BCUT2D eigenvalue weighted by Gasteiger charge is 2.21. The molecule has 0 heterocycles. The van der Waals surface area contributed by atoms with Crippen molar-refractivity contribution >= 4 is 21.6 Å². The largest absolute Gasteiger partial charge is 0.488 e. The number of nitrogens with one attached hydrogen (secondary N) is 2. The van der Waals surface area contributed by atoms with E-state index in [1.165, 1.54) is 12.1 Å². The summed E-state index contributed by atoms with van der Waals surface area (Å²) in [5.41, 5.74) is 1.67. The van der Waals surface area contributed by atoms with Gasteiger partial charge < -0.3 is 10.1 Å². The molecule has 33 heavy (non-hydrogen) atoms. The zero-order valence-corrected chi connectivity index (χ0v) is 19.3. The summed E-state index contributed by atoms with van der Waals surface area (Å²) >= 11 is 0. The fourth-order valence-corrected chi connectivity index (χ4v) is 5.25. The molecule has 4 rings (SSSR count). The lowest BCUT2D eigenvalue weighted by Crippen LogP contribution is -2.27. The van der Waals surface area contributed by atoms with Crippen LogP contribution in [0.4, 0.5) is 5.69 Å². The average Bonchev–Trinajstić information content (AvgIpc) is 3.34. The lowest BCUT2D eigenvalue weighted by Gasteiger charge is -2.17. The molecule has 0 saturated heterocycles. The van der Waals surface area contributed by atoms with Gasteiger partial charge in [-0.2, -0.15) is 0 Å². The van der Waals surface area contributed by atoms with Crippen LogP contribution in [-0.2, 0) is 10.0 Å². The molecule has 1 amide bonds. The van der Waals surface area contributed by atoms with E-state index >= 15 is 0 Å². The van der Waals surface area contributed by atoms with Crippen LogP contribution in [0.3, 0.4) is 0 Å². The van der Waals surface area contributed by atoms with Gasteiger partial charge in [0, 0.05) is 11.6 Å². The van der Waals surface area contributed by atoms with Crippen molar-refractivity contribution in [3.63, 3.8) is 0 Å². The van der Waals surface area contributed by atoms with Gasteiger partial charge in [0.1, 0.15) is 5.75 Å². The highest BCUT2D eigenvalue weighted by molar-refractivity contribution is 7.89. The van der Waals surface area contributed by atoms with Crippen molar-refractivity contribution in [2.45, 2.75) is 49.6 Å². The first-order valence-corrected chi connectivity index (χ1v) is 12.6. The molecule has 3 aromatic rings. The second-order valence-corrected chi connectivity index (χ2v) is 9.97. The van der Waals surface area contributed by atoms with Crippen molar-refractivity contribution in [2.75, 3.05) is 5.32 Å². The molecule has 0 bridgehead atoms. The normalized spacial score (nSPS) is 15.2. The number of para-hydroxylation sites is 2. The van der Waals surface area contributed by atoms with Crippen LogP contribution in [0.5, 0.6) is 5.75 Å². The SMILES string of the molecule is CC(NS(=O)(=O)c1cccc(C(=O)Nc2ccccc2OC2CCCC2)c1)c1ccccc1. The number of hydrogen-bond donors (Lipinski definition) is 2. The van der Waals surface area contributed by atoms with E-state index in [-0.39, 0.29) is 16.6 Å². The van der Waals surface area contributed by atoms with Gasteiger partial charge in [-0.3, -0.25) is 4.79 Å². The maximum absolute atomic E-state index is 12.9. The molecule has 0 spiro atoms. The summed E-state index contributed by atoms with van der Waals surface area (Å²) < 4.78 is 34.6. The molecule has 1 saturated carbocycles. The molecule has 1 aliphatic rings. The predicted molar refractivity (Wildman–Crippen MR) is 129 cm³/mol. The van der Waals surface area contributed by atoms with Crippen LogP contribution in [0.1, 0.15) is 54.6 Å². The monoisotopic (exact) mass is 464 g/mol. The van der Waals surface area contributed by atoms with E-state index in [9.17, 15) is 13.2 Å². The topological polar surface area (TPSA) is 84.5 Å². The minimum absolute atomic E-state index is 0.0356. The van der Waals surface area contributed by atoms with Gasteiger partial charge in [0.25, 0.3) is 5.91 Å². The number of ether oxygens (including phenoxy) is 1. The van der Waals surface area contributed by atoms with Gasteiger partial charge in [-0.15, -0.1) is 0 Å². The van der Waals surface area contributed by atoms with E-state index in [1.54, 1.807) is 25.1 Å². The second kappa shape index (κ2) is 10.2. The molecule has 3 aromatic carbocycles. The van der Waals surface area contributed by atoms with Crippen molar-refractivity contribution in [3.05, 3.63) is 90.0 Å². The van der Waals surface area contributed by atoms with Crippen LogP contribution in [0, 0.1) is 0 Å². The van der Waals surface area contributed by atoms with Crippen LogP contribution in [0.25, 0.3) is 0 Å². The second-order valence-electron chi connectivity index (χ2n) is 8.26. The Morgan fingerprint density at radius 1 is 0.939 bits per heavy atom. The lowest BCUT2D eigenvalue weighted by atomic mass is 10.1. The van der Waals surface area contributed by atoms with Crippen LogP contribution >= 0.6 is 0 Å². The third-order valence-corrected chi connectivity index (χ3v) is 7.31. The summed E-state index contributed by atoms with van der Waals surface area (Å²) in [6, 6.07) is 22.3. The van der Waals surface area contributed by atoms with Crippen molar-refractivity contribution in [2.24, 2.45) is 0 Å². The van der Waals surface area contributed by atoms with E-state index < -0.39 is 22.0 Å². The summed E-state index contributed by atoms with van der Waals surface area (Å²) in [7, 11) is -3.82. The van der Waals surface area contributed by atoms with Gasteiger partial charge in [-0.1, -0.05) is 48.5 Å². The van der Waals surface area contributed by atoms with Gasteiger partial charge in [0.15, 0.2) is 0 Å². The first-order valence-electron chi connectivity index (χ1n) is 11.2. The Hall–Kier alpha value is -3.16. The maximum Gasteiger partial charge on any atom is 0.255 e. The van der Waals surface area contributed by atoms with Crippen molar-refractivity contribution in [3.8, 4) is 5.75 Å². The molecule has 1 atom stereocenters. The van der Waals surface area contributed by atoms with Crippen LogP contribution in [-0.4, -0.2) is 20.4 Å². The van der Waals surface area contributed by atoms with Crippen LogP contribution < -0.4 is 14.8 Å². The molecule has 1 unspecified atom stereocenters. The van der Waals surface area contributed by atoms with Crippen molar-refractivity contribution in [1.82, 2.24) is 4.72 Å². The van der Waals surface area contributed by atoms with Crippen LogP contribution in [0.2, 0.25) is 0 Å². The molecule has 172 valence electrons. The quantitative estimate of drug-likeness (QED) is 0.474. The fourth-order valence-electron chi connectivity index (χ4n) is 3.97. The summed E-state index contributed by atoms with van der Waals surface area (Å²) in [6.07, 6.45) is 4.48.